The minimum atomic E-state index is -4.40. The average Bonchev–Trinajstić information content (AvgIpc) is 2.35. The molecule has 0 bridgehead atoms. The van der Waals surface area contributed by atoms with Crippen molar-refractivity contribution in [2.24, 2.45) is 0 Å². The van der Waals surface area contributed by atoms with Gasteiger partial charge in [0.2, 0.25) is 9.84 Å². The molecule has 0 saturated carbocycles. The van der Waals surface area contributed by atoms with E-state index >= 15 is 0 Å². The van der Waals surface area contributed by atoms with Gasteiger partial charge < -0.3 is 9.84 Å². The van der Waals surface area contributed by atoms with Crippen molar-refractivity contribution in [1.29, 1.82) is 0 Å². The Morgan fingerprint density at radius 3 is 2.53 bits per heavy atom. The number of hydrogen-bond acceptors (Lipinski definition) is 6. The smallest absolute Gasteiger partial charge is 0.324 e. The van der Waals surface area contributed by atoms with Crippen molar-refractivity contribution >= 4 is 21.5 Å². The zero-order valence-corrected chi connectivity index (χ0v) is 10.7. The van der Waals surface area contributed by atoms with E-state index in [2.05, 4.69) is 4.74 Å². The maximum absolute atomic E-state index is 12.1. The number of aliphatic carboxylic acids is 1. The molecule has 8 nitrogen and oxygen atoms in total. The summed E-state index contributed by atoms with van der Waals surface area (Å²) in [6.07, 6.45) is 0. The molecule has 0 aliphatic heterocycles. The Bertz CT molecular complexity index is 596. The van der Waals surface area contributed by atoms with Gasteiger partial charge in [0, 0.05) is 13.2 Å². The molecule has 0 spiro atoms. The van der Waals surface area contributed by atoms with Gasteiger partial charge in [-0.2, -0.15) is 0 Å². The van der Waals surface area contributed by atoms with Crippen molar-refractivity contribution in [3.05, 3.63) is 34.4 Å². The molecule has 0 saturated heterocycles. The van der Waals surface area contributed by atoms with Crippen LogP contribution in [0.3, 0.4) is 0 Å². The number of sulfone groups is 1. The number of carboxylic acids is 1. The second kappa shape index (κ2) is 5.76. The highest BCUT2D eigenvalue weighted by molar-refractivity contribution is 7.93. The monoisotopic (exact) mass is 289 g/mol. The van der Waals surface area contributed by atoms with Gasteiger partial charge in [0.05, 0.1) is 11.5 Å². The molecule has 1 aromatic rings. The molecular weight excluding hydrogens is 278 g/mol. The first-order chi connectivity index (χ1) is 8.82. The van der Waals surface area contributed by atoms with Crippen LogP contribution in [0.5, 0.6) is 0 Å². The number of nitro benzene ring substituents is 1. The van der Waals surface area contributed by atoms with Gasteiger partial charge in [0.15, 0.2) is 5.25 Å². The molecule has 1 unspecified atom stereocenters. The summed E-state index contributed by atoms with van der Waals surface area (Å²) in [6.45, 7) is -0.594. The highest BCUT2D eigenvalue weighted by Crippen LogP contribution is 2.26. The van der Waals surface area contributed by atoms with Crippen LogP contribution in [0.15, 0.2) is 29.2 Å². The van der Waals surface area contributed by atoms with Gasteiger partial charge in [0.25, 0.3) is 5.69 Å². The molecule has 0 heterocycles. The van der Waals surface area contributed by atoms with Crippen molar-refractivity contribution in [3.63, 3.8) is 0 Å². The summed E-state index contributed by atoms with van der Waals surface area (Å²) in [6, 6.07) is 4.58. The fourth-order valence-corrected chi connectivity index (χ4v) is 3.04. The molecule has 1 rings (SSSR count). The molecule has 0 fully saturated rings. The lowest BCUT2D eigenvalue weighted by Gasteiger charge is -2.12. The third kappa shape index (κ3) is 3.06. The van der Waals surface area contributed by atoms with Gasteiger partial charge in [-0.05, 0) is 6.07 Å². The summed E-state index contributed by atoms with van der Waals surface area (Å²) in [5.74, 6) is -1.62. The Labute approximate surface area is 108 Å². The number of hydrogen-bond donors (Lipinski definition) is 1. The van der Waals surface area contributed by atoms with Crippen molar-refractivity contribution in [3.8, 4) is 0 Å². The Kier molecular flexibility index (Phi) is 4.57. The zero-order valence-electron chi connectivity index (χ0n) is 9.85. The number of methoxy groups -OCH3 is 1. The number of para-hydroxylation sites is 1. The molecule has 1 atom stereocenters. The van der Waals surface area contributed by atoms with E-state index in [4.69, 9.17) is 5.11 Å². The molecular formula is C10H11NO7S. The predicted octanol–water partition coefficient (Wildman–Crippen LogP) is 0.468. The summed E-state index contributed by atoms with van der Waals surface area (Å²) in [5, 5.41) is 17.8. The lowest BCUT2D eigenvalue weighted by atomic mass is 10.3. The highest BCUT2D eigenvalue weighted by atomic mass is 32.2. The lowest BCUT2D eigenvalue weighted by Crippen LogP contribution is -2.34. The molecule has 1 aromatic carbocycles. The zero-order chi connectivity index (χ0) is 14.6. The Morgan fingerprint density at radius 1 is 1.47 bits per heavy atom. The average molecular weight is 289 g/mol. The van der Waals surface area contributed by atoms with Crippen molar-refractivity contribution < 1.29 is 28.0 Å². The summed E-state index contributed by atoms with van der Waals surface area (Å²) in [7, 11) is -3.26. The first kappa shape index (κ1) is 15.1. The summed E-state index contributed by atoms with van der Waals surface area (Å²) in [4.78, 5) is 20.2. The van der Waals surface area contributed by atoms with Crippen LogP contribution in [0, 0.1) is 10.1 Å². The van der Waals surface area contributed by atoms with Gasteiger partial charge in [-0.1, -0.05) is 12.1 Å². The molecule has 0 radical (unpaired) electrons. The SMILES string of the molecule is COCC(C(=O)O)S(=O)(=O)c1ccccc1[N+](=O)[O-]. The second-order valence-electron chi connectivity index (χ2n) is 3.55. The molecule has 0 aliphatic carbocycles. The maximum atomic E-state index is 12.1. The van der Waals surface area contributed by atoms with Gasteiger partial charge in [0.1, 0.15) is 4.90 Å². The number of ether oxygens (including phenoxy) is 1. The Morgan fingerprint density at radius 2 is 2.05 bits per heavy atom. The van der Waals surface area contributed by atoms with E-state index in [1.54, 1.807) is 0 Å². The summed E-state index contributed by atoms with van der Waals surface area (Å²) >= 11 is 0. The van der Waals surface area contributed by atoms with Gasteiger partial charge in [-0.15, -0.1) is 0 Å². The largest absolute Gasteiger partial charge is 0.480 e. The standard InChI is InChI=1S/C10H11NO7S/c1-18-6-9(10(12)13)19(16,17)8-5-3-2-4-7(8)11(14)15/h2-5,9H,6H2,1H3,(H,12,13). The molecule has 104 valence electrons. The van der Waals surface area contributed by atoms with E-state index in [0.29, 0.717) is 0 Å². The maximum Gasteiger partial charge on any atom is 0.324 e. The fourth-order valence-electron chi connectivity index (χ4n) is 1.45. The van der Waals surface area contributed by atoms with Crippen LogP contribution in [-0.2, 0) is 19.4 Å². The number of rotatable bonds is 6. The number of nitrogens with zero attached hydrogens (tertiary/aromatic N) is 1. The van der Waals surface area contributed by atoms with Crippen molar-refractivity contribution in [1.82, 2.24) is 0 Å². The van der Waals surface area contributed by atoms with Gasteiger partial charge >= 0.3 is 5.97 Å². The van der Waals surface area contributed by atoms with Gasteiger partial charge in [-0.25, -0.2) is 8.42 Å². The van der Waals surface area contributed by atoms with E-state index in [1.165, 1.54) is 12.1 Å². The summed E-state index contributed by atoms with van der Waals surface area (Å²) < 4.78 is 28.8. The Hall–Kier alpha value is -2.00. The molecule has 19 heavy (non-hydrogen) atoms. The van der Waals surface area contributed by atoms with Crippen LogP contribution in [0.25, 0.3) is 0 Å². The van der Waals surface area contributed by atoms with Crippen molar-refractivity contribution in [2.45, 2.75) is 10.1 Å². The van der Waals surface area contributed by atoms with Crippen LogP contribution in [0.4, 0.5) is 5.69 Å². The number of carboxylic acid groups (broad SMARTS) is 1. The molecule has 0 aromatic heterocycles. The van der Waals surface area contributed by atoms with Crippen LogP contribution >= 0.6 is 0 Å². The minimum absolute atomic E-state index is 0.594. The summed E-state index contributed by atoms with van der Waals surface area (Å²) in [5.41, 5.74) is -0.662. The fraction of sp³-hybridized carbons (Fsp3) is 0.300. The molecule has 0 amide bonds. The van der Waals surface area contributed by atoms with Gasteiger partial charge in [-0.3, -0.25) is 14.9 Å². The molecule has 1 N–H and O–H groups in total. The topological polar surface area (TPSA) is 124 Å². The van der Waals surface area contributed by atoms with Crippen LogP contribution in [0.1, 0.15) is 0 Å². The van der Waals surface area contributed by atoms with Crippen LogP contribution < -0.4 is 0 Å². The van der Waals surface area contributed by atoms with E-state index in [0.717, 1.165) is 19.2 Å². The number of benzene rings is 1. The minimum Gasteiger partial charge on any atom is -0.480 e. The molecule has 9 heteroatoms. The second-order valence-corrected chi connectivity index (χ2v) is 5.65. The number of carbonyl (C=O) groups is 1. The first-order valence-electron chi connectivity index (χ1n) is 5.01. The van der Waals surface area contributed by atoms with Crippen LogP contribution in [0.2, 0.25) is 0 Å². The van der Waals surface area contributed by atoms with E-state index in [9.17, 15) is 23.3 Å². The third-order valence-corrected chi connectivity index (χ3v) is 4.38. The normalized spacial score (nSPS) is 12.9. The third-order valence-electron chi connectivity index (χ3n) is 2.34. The highest BCUT2D eigenvalue weighted by Gasteiger charge is 2.38. The number of nitro groups is 1. The van der Waals surface area contributed by atoms with E-state index < -0.39 is 43.2 Å². The lowest BCUT2D eigenvalue weighted by molar-refractivity contribution is -0.387. The quantitative estimate of drug-likeness (QED) is 0.596. The Balaban J connectivity index is 3.42. The van der Waals surface area contributed by atoms with E-state index in [1.807, 2.05) is 0 Å². The predicted molar refractivity (Wildman–Crippen MR) is 63.6 cm³/mol. The molecule has 0 aliphatic rings. The van der Waals surface area contributed by atoms with Crippen molar-refractivity contribution in [2.75, 3.05) is 13.7 Å². The first-order valence-corrected chi connectivity index (χ1v) is 6.56. The van der Waals surface area contributed by atoms with Crippen LogP contribution in [-0.4, -0.2) is 43.4 Å². The van der Waals surface area contributed by atoms with E-state index in [-0.39, 0.29) is 0 Å².